The van der Waals surface area contributed by atoms with Crippen molar-refractivity contribution >= 4 is 28.2 Å². The summed E-state index contributed by atoms with van der Waals surface area (Å²) in [5.41, 5.74) is 1.39. The number of ether oxygens (including phenoxy) is 2. The number of esters is 1. The molecule has 2 aromatic rings. The van der Waals surface area contributed by atoms with Gasteiger partial charge >= 0.3 is 5.97 Å². The monoisotopic (exact) mass is 388 g/mol. The number of hydrogen-bond donors (Lipinski definition) is 1. The lowest BCUT2D eigenvalue weighted by Crippen LogP contribution is -2.47. The van der Waals surface area contributed by atoms with Gasteiger partial charge in [-0.25, -0.2) is 4.79 Å². The number of benzene rings is 1. The Balaban J connectivity index is 1.82. The van der Waals surface area contributed by atoms with Crippen molar-refractivity contribution in [2.45, 2.75) is 19.9 Å². The summed E-state index contributed by atoms with van der Waals surface area (Å²) in [5.74, 6) is -0.561. The lowest BCUT2D eigenvalue weighted by Gasteiger charge is -2.31. The normalized spacial score (nSPS) is 15.9. The zero-order valence-electron chi connectivity index (χ0n) is 15.6. The highest BCUT2D eigenvalue weighted by atomic mass is 32.1. The molecule has 1 aliphatic rings. The first-order chi connectivity index (χ1) is 13.1. The van der Waals surface area contributed by atoms with Crippen molar-refractivity contribution in [1.29, 1.82) is 0 Å². The van der Waals surface area contributed by atoms with E-state index in [0.29, 0.717) is 23.8 Å². The number of morpholine rings is 1. The Kier molecular flexibility index (Phi) is 6.60. The topological polar surface area (TPSA) is 67.9 Å². The van der Waals surface area contributed by atoms with Crippen molar-refractivity contribution in [3.8, 4) is 10.4 Å². The molecule has 2 heterocycles. The molecule has 1 fully saturated rings. The Bertz CT molecular complexity index is 785. The molecular weight excluding hydrogens is 364 g/mol. The first-order valence-corrected chi connectivity index (χ1v) is 9.90. The number of rotatable bonds is 6. The minimum absolute atomic E-state index is 0.135. The predicted octanol–water partition coefficient (Wildman–Crippen LogP) is 3.25. The van der Waals surface area contributed by atoms with Crippen molar-refractivity contribution in [3.63, 3.8) is 0 Å². The van der Waals surface area contributed by atoms with Crippen LogP contribution in [0.15, 0.2) is 36.4 Å². The van der Waals surface area contributed by atoms with E-state index in [1.165, 1.54) is 11.3 Å². The summed E-state index contributed by atoms with van der Waals surface area (Å²) in [6.07, 6.45) is 0. The number of nitrogens with one attached hydrogen (secondary N) is 1. The van der Waals surface area contributed by atoms with E-state index in [1.807, 2.05) is 37.3 Å². The van der Waals surface area contributed by atoms with Crippen LogP contribution in [0, 0.1) is 0 Å². The van der Waals surface area contributed by atoms with Crippen LogP contribution in [0.25, 0.3) is 10.4 Å². The van der Waals surface area contributed by atoms with Gasteiger partial charge in [-0.3, -0.25) is 9.69 Å². The van der Waals surface area contributed by atoms with E-state index in [9.17, 15) is 9.59 Å². The third-order valence-electron chi connectivity index (χ3n) is 4.50. The average Bonchev–Trinajstić information content (AvgIpc) is 3.13. The largest absolute Gasteiger partial charge is 0.462 e. The maximum absolute atomic E-state index is 12.8. The van der Waals surface area contributed by atoms with Gasteiger partial charge in [0.2, 0.25) is 5.91 Å². The fraction of sp³-hybridized carbons (Fsp3) is 0.400. The van der Waals surface area contributed by atoms with Crippen LogP contribution in [0.5, 0.6) is 0 Å². The molecule has 0 spiro atoms. The number of anilines is 1. The maximum Gasteiger partial charge on any atom is 0.341 e. The molecular formula is C20H24N2O4S. The summed E-state index contributed by atoms with van der Waals surface area (Å²) in [4.78, 5) is 28.1. The molecule has 7 heteroatoms. The first kappa shape index (κ1) is 19.5. The smallest absolute Gasteiger partial charge is 0.341 e. The van der Waals surface area contributed by atoms with Gasteiger partial charge in [0.25, 0.3) is 0 Å². The molecule has 1 amide bonds. The molecule has 0 saturated carbocycles. The fourth-order valence-corrected chi connectivity index (χ4v) is 3.99. The predicted molar refractivity (Wildman–Crippen MR) is 106 cm³/mol. The van der Waals surface area contributed by atoms with Crippen LogP contribution in [0.2, 0.25) is 0 Å². The number of nitrogens with zero attached hydrogens (tertiary/aromatic N) is 1. The molecule has 144 valence electrons. The molecule has 1 saturated heterocycles. The highest BCUT2D eigenvalue weighted by Crippen LogP contribution is 2.36. The molecule has 0 aliphatic carbocycles. The lowest BCUT2D eigenvalue weighted by molar-refractivity contribution is -0.122. The number of carbonyl (C=O) groups excluding carboxylic acids is 2. The number of hydrogen-bond acceptors (Lipinski definition) is 6. The van der Waals surface area contributed by atoms with Gasteiger partial charge < -0.3 is 14.8 Å². The number of amides is 1. The van der Waals surface area contributed by atoms with Gasteiger partial charge in [0.1, 0.15) is 5.00 Å². The van der Waals surface area contributed by atoms with Gasteiger partial charge in [0.15, 0.2) is 0 Å². The number of carbonyl (C=O) groups is 2. The van der Waals surface area contributed by atoms with Gasteiger partial charge in [-0.2, -0.15) is 0 Å². The SMILES string of the molecule is CCOC(=O)c1cc(-c2ccccc2)sc1NC(=O)[C@@H](C)N1CCOCC1. The third kappa shape index (κ3) is 4.74. The Morgan fingerprint density at radius 2 is 1.96 bits per heavy atom. The van der Waals surface area contributed by atoms with Gasteiger partial charge in [-0.05, 0) is 25.5 Å². The van der Waals surface area contributed by atoms with E-state index in [-0.39, 0.29) is 18.6 Å². The van der Waals surface area contributed by atoms with E-state index < -0.39 is 5.97 Å². The van der Waals surface area contributed by atoms with Crippen molar-refractivity contribution in [3.05, 3.63) is 42.0 Å². The molecule has 0 radical (unpaired) electrons. The molecule has 0 unspecified atom stereocenters. The van der Waals surface area contributed by atoms with Gasteiger partial charge in [-0.15, -0.1) is 11.3 Å². The standard InChI is InChI=1S/C20H24N2O4S/c1-3-26-20(24)16-13-17(15-7-5-4-6-8-15)27-19(16)21-18(23)14(2)22-9-11-25-12-10-22/h4-8,13-14H,3,9-12H2,1-2H3,(H,21,23)/t14-/m1/s1. The highest BCUT2D eigenvalue weighted by Gasteiger charge is 2.26. The zero-order chi connectivity index (χ0) is 19.2. The molecule has 3 rings (SSSR count). The van der Waals surface area contributed by atoms with E-state index in [4.69, 9.17) is 9.47 Å². The summed E-state index contributed by atoms with van der Waals surface area (Å²) < 4.78 is 10.5. The summed E-state index contributed by atoms with van der Waals surface area (Å²) >= 11 is 1.38. The third-order valence-corrected chi connectivity index (χ3v) is 5.59. The first-order valence-electron chi connectivity index (χ1n) is 9.09. The van der Waals surface area contributed by atoms with Crippen LogP contribution in [-0.4, -0.2) is 55.7 Å². The zero-order valence-corrected chi connectivity index (χ0v) is 16.4. The molecule has 6 nitrogen and oxygen atoms in total. The van der Waals surface area contributed by atoms with Crippen LogP contribution in [0.3, 0.4) is 0 Å². The second-order valence-electron chi connectivity index (χ2n) is 6.25. The van der Waals surface area contributed by atoms with E-state index in [0.717, 1.165) is 23.5 Å². The van der Waals surface area contributed by atoms with Crippen molar-refractivity contribution in [1.82, 2.24) is 4.90 Å². The minimum Gasteiger partial charge on any atom is -0.462 e. The summed E-state index contributed by atoms with van der Waals surface area (Å²) in [7, 11) is 0. The summed E-state index contributed by atoms with van der Waals surface area (Å²) in [6, 6.07) is 11.3. The van der Waals surface area contributed by atoms with Gasteiger partial charge in [-0.1, -0.05) is 30.3 Å². The molecule has 1 aromatic heterocycles. The van der Waals surface area contributed by atoms with Crippen molar-refractivity contribution < 1.29 is 19.1 Å². The fourth-order valence-electron chi connectivity index (χ4n) is 2.94. The van der Waals surface area contributed by atoms with Crippen molar-refractivity contribution in [2.75, 3.05) is 38.2 Å². The molecule has 0 bridgehead atoms. The molecule has 1 aromatic carbocycles. The lowest BCUT2D eigenvalue weighted by atomic mass is 10.1. The van der Waals surface area contributed by atoms with E-state index >= 15 is 0 Å². The van der Waals surface area contributed by atoms with E-state index in [2.05, 4.69) is 10.2 Å². The highest BCUT2D eigenvalue weighted by molar-refractivity contribution is 7.20. The van der Waals surface area contributed by atoms with Crippen LogP contribution in [0.1, 0.15) is 24.2 Å². The Morgan fingerprint density at radius 1 is 1.26 bits per heavy atom. The maximum atomic E-state index is 12.8. The van der Waals surface area contributed by atoms with Gasteiger partial charge in [0.05, 0.1) is 31.4 Å². The van der Waals surface area contributed by atoms with Crippen molar-refractivity contribution in [2.24, 2.45) is 0 Å². The average molecular weight is 388 g/mol. The second-order valence-corrected chi connectivity index (χ2v) is 7.31. The second kappa shape index (κ2) is 9.12. The van der Waals surface area contributed by atoms with Crippen LogP contribution in [-0.2, 0) is 14.3 Å². The van der Waals surface area contributed by atoms with Crippen LogP contribution in [0.4, 0.5) is 5.00 Å². The quantitative estimate of drug-likeness (QED) is 0.770. The Labute approximate surface area is 163 Å². The minimum atomic E-state index is -0.426. The van der Waals surface area contributed by atoms with E-state index in [1.54, 1.807) is 13.0 Å². The van der Waals surface area contributed by atoms with Gasteiger partial charge in [0, 0.05) is 18.0 Å². The number of thiophene rings is 1. The van der Waals surface area contributed by atoms with Crippen LogP contribution >= 0.6 is 11.3 Å². The Hall–Kier alpha value is -2.22. The molecule has 1 N–H and O–H groups in total. The summed E-state index contributed by atoms with van der Waals surface area (Å²) in [6.45, 7) is 6.62. The Morgan fingerprint density at radius 3 is 2.63 bits per heavy atom. The molecule has 1 aliphatic heterocycles. The molecule has 27 heavy (non-hydrogen) atoms. The summed E-state index contributed by atoms with van der Waals surface area (Å²) in [5, 5.41) is 3.46. The molecule has 1 atom stereocenters. The van der Waals surface area contributed by atoms with Crippen LogP contribution < -0.4 is 5.32 Å².